The summed E-state index contributed by atoms with van der Waals surface area (Å²) >= 11 is 3.29. The molecule has 2 rings (SSSR count). The Hall–Kier alpha value is -2.48. The summed E-state index contributed by atoms with van der Waals surface area (Å²) in [4.78, 5) is 4.18. The molecule has 0 aliphatic carbocycles. The number of guanidine groups is 1. The lowest BCUT2D eigenvalue weighted by molar-refractivity contribution is 0.323. The first-order valence-corrected chi connectivity index (χ1v) is 8.98. The fourth-order valence-electron chi connectivity index (χ4n) is 2.54. The topological polar surface area (TPSA) is 64.1 Å². The number of hydrogen-bond donors (Lipinski definition) is 2. The molecule has 0 heterocycles. The van der Waals surface area contributed by atoms with Gasteiger partial charge in [-0.1, -0.05) is 15.9 Å². The zero-order valence-corrected chi connectivity index (χ0v) is 17.3. The SMILES string of the molecule is CN=C(NCc1cc(F)cc(Br)c1)NCc1cc(OC)c(OC)c(OC)c1. The molecule has 0 bridgehead atoms. The summed E-state index contributed by atoms with van der Waals surface area (Å²) in [5, 5.41) is 6.36. The maximum Gasteiger partial charge on any atom is 0.203 e. The van der Waals surface area contributed by atoms with Gasteiger partial charge in [0.05, 0.1) is 21.3 Å². The van der Waals surface area contributed by atoms with E-state index in [0.717, 1.165) is 11.1 Å². The third kappa shape index (κ3) is 5.75. The fourth-order valence-corrected chi connectivity index (χ4v) is 3.06. The number of methoxy groups -OCH3 is 3. The number of nitrogens with one attached hydrogen (secondary N) is 2. The summed E-state index contributed by atoms with van der Waals surface area (Å²) in [6, 6.07) is 8.48. The van der Waals surface area contributed by atoms with Gasteiger partial charge in [-0.2, -0.15) is 0 Å². The standard InChI is InChI=1S/C19H23BrFN3O3/c1-22-19(23-10-12-5-14(20)9-15(21)6-12)24-11-13-7-16(25-2)18(27-4)17(8-13)26-3/h5-9H,10-11H2,1-4H3,(H2,22,23,24). The van der Waals surface area contributed by atoms with Crippen molar-refractivity contribution in [2.45, 2.75) is 13.1 Å². The molecule has 0 saturated carbocycles. The van der Waals surface area contributed by atoms with Crippen molar-refractivity contribution in [2.24, 2.45) is 4.99 Å². The molecule has 0 atom stereocenters. The molecular weight excluding hydrogens is 417 g/mol. The zero-order chi connectivity index (χ0) is 19.8. The van der Waals surface area contributed by atoms with Crippen LogP contribution in [0.3, 0.4) is 0 Å². The second kappa shape index (κ2) is 10.0. The van der Waals surface area contributed by atoms with Crippen molar-refractivity contribution in [3.63, 3.8) is 0 Å². The molecule has 0 spiro atoms. The maximum atomic E-state index is 13.5. The number of rotatable bonds is 7. The summed E-state index contributed by atoms with van der Waals surface area (Å²) in [5.74, 6) is 2.01. The molecule has 2 N–H and O–H groups in total. The van der Waals surface area contributed by atoms with Crippen molar-refractivity contribution in [3.05, 3.63) is 51.7 Å². The van der Waals surface area contributed by atoms with Crippen molar-refractivity contribution in [2.75, 3.05) is 28.4 Å². The Labute approximate surface area is 166 Å². The Morgan fingerprint density at radius 2 is 1.48 bits per heavy atom. The van der Waals surface area contributed by atoms with E-state index in [0.29, 0.717) is 40.8 Å². The normalized spacial score (nSPS) is 11.1. The molecule has 6 nitrogen and oxygen atoms in total. The smallest absolute Gasteiger partial charge is 0.203 e. The Balaban J connectivity index is 2.03. The molecule has 0 aromatic heterocycles. The Morgan fingerprint density at radius 1 is 0.926 bits per heavy atom. The van der Waals surface area contributed by atoms with E-state index in [4.69, 9.17) is 14.2 Å². The highest BCUT2D eigenvalue weighted by atomic mass is 79.9. The highest BCUT2D eigenvalue weighted by Gasteiger charge is 2.13. The Morgan fingerprint density at radius 3 is 1.93 bits per heavy atom. The largest absolute Gasteiger partial charge is 0.493 e. The van der Waals surface area contributed by atoms with Gasteiger partial charge in [-0.15, -0.1) is 0 Å². The van der Waals surface area contributed by atoms with E-state index < -0.39 is 0 Å². The van der Waals surface area contributed by atoms with Crippen LogP contribution in [0, 0.1) is 5.82 Å². The number of ether oxygens (including phenoxy) is 3. The first kappa shape index (κ1) is 20.8. The van der Waals surface area contributed by atoms with Crippen LogP contribution in [0.5, 0.6) is 17.2 Å². The Kier molecular flexibility index (Phi) is 7.72. The van der Waals surface area contributed by atoms with Crippen LogP contribution in [0.4, 0.5) is 4.39 Å². The molecule has 0 aliphatic rings. The van der Waals surface area contributed by atoms with Gasteiger partial charge in [0.2, 0.25) is 5.75 Å². The number of benzene rings is 2. The van der Waals surface area contributed by atoms with Crippen LogP contribution in [-0.2, 0) is 13.1 Å². The van der Waals surface area contributed by atoms with Crippen LogP contribution in [0.2, 0.25) is 0 Å². The third-order valence-corrected chi connectivity index (χ3v) is 4.25. The van der Waals surface area contributed by atoms with Crippen molar-refractivity contribution in [3.8, 4) is 17.2 Å². The van der Waals surface area contributed by atoms with Crippen LogP contribution in [-0.4, -0.2) is 34.3 Å². The van der Waals surface area contributed by atoms with Gasteiger partial charge in [-0.05, 0) is 41.5 Å². The van der Waals surface area contributed by atoms with Crippen LogP contribution in [0.1, 0.15) is 11.1 Å². The molecule has 146 valence electrons. The molecule has 0 fully saturated rings. The molecular formula is C19H23BrFN3O3. The fraction of sp³-hybridized carbons (Fsp3) is 0.316. The highest BCUT2D eigenvalue weighted by molar-refractivity contribution is 9.10. The van der Waals surface area contributed by atoms with Crippen LogP contribution >= 0.6 is 15.9 Å². The van der Waals surface area contributed by atoms with Gasteiger partial charge in [-0.25, -0.2) is 4.39 Å². The molecule has 0 aliphatic heterocycles. The molecule has 2 aromatic rings. The minimum atomic E-state index is -0.290. The van der Waals surface area contributed by atoms with Gasteiger partial charge in [-0.3, -0.25) is 4.99 Å². The average molecular weight is 440 g/mol. The molecule has 0 saturated heterocycles. The minimum absolute atomic E-state index is 0.290. The van der Waals surface area contributed by atoms with Gasteiger partial charge < -0.3 is 24.8 Å². The van der Waals surface area contributed by atoms with Crippen molar-refractivity contribution in [1.82, 2.24) is 10.6 Å². The lowest BCUT2D eigenvalue weighted by Crippen LogP contribution is -2.36. The van der Waals surface area contributed by atoms with E-state index in [1.165, 1.54) is 12.1 Å². The summed E-state index contributed by atoms with van der Waals surface area (Å²) < 4.78 is 30.2. The predicted octanol–water partition coefficient (Wildman–Crippen LogP) is 3.48. The first-order chi connectivity index (χ1) is 13.0. The molecule has 27 heavy (non-hydrogen) atoms. The summed E-state index contributed by atoms with van der Waals surface area (Å²) in [6.45, 7) is 0.925. The number of nitrogens with zero attached hydrogens (tertiary/aromatic N) is 1. The molecule has 0 radical (unpaired) electrons. The summed E-state index contributed by atoms with van der Waals surface area (Å²) in [5.41, 5.74) is 1.73. The van der Waals surface area contributed by atoms with Crippen molar-refractivity contribution in [1.29, 1.82) is 0 Å². The van der Waals surface area contributed by atoms with E-state index in [1.54, 1.807) is 28.4 Å². The van der Waals surface area contributed by atoms with Gasteiger partial charge in [0.15, 0.2) is 17.5 Å². The molecule has 2 aromatic carbocycles. The Bertz CT molecular complexity index is 770. The molecule has 8 heteroatoms. The second-order valence-corrected chi connectivity index (χ2v) is 6.51. The molecule has 0 amide bonds. The van der Waals surface area contributed by atoms with Crippen LogP contribution in [0.15, 0.2) is 39.8 Å². The van der Waals surface area contributed by atoms with Crippen LogP contribution < -0.4 is 24.8 Å². The number of halogens is 2. The van der Waals surface area contributed by atoms with Gasteiger partial charge in [0.1, 0.15) is 5.82 Å². The lowest BCUT2D eigenvalue weighted by Gasteiger charge is -2.16. The number of aliphatic imine (C=N–C) groups is 1. The van der Waals surface area contributed by atoms with E-state index in [-0.39, 0.29) is 5.82 Å². The highest BCUT2D eigenvalue weighted by Crippen LogP contribution is 2.38. The predicted molar refractivity (Wildman–Crippen MR) is 107 cm³/mol. The average Bonchev–Trinajstić information content (AvgIpc) is 2.66. The van der Waals surface area contributed by atoms with E-state index in [1.807, 2.05) is 18.2 Å². The van der Waals surface area contributed by atoms with E-state index in [9.17, 15) is 4.39 Å². The summed E-state index contributed by atoms with van der Waals surface area (Å²) in [7, 11) is 6.39. The lowest BCUT2D eigenvalue weighted by atomic mass is 10.2. The van der Waals surface area contributed by atoms with E-state index in [2.05, 4.69) is 31.6 Å². The van der Waals surface area contributed by atoms with E-state index >= 15 is 0 Å². The maximum absolute atomic E-state index is 13.5. The quantitative estimate of drug-likeness (QED) is 0.510. The van der Waals surface area contributed by atoms with Crippen molar-refractivity contribution >= 4 is 21.9 Å². The van der Waals surface area contributed by atoms with Crippen LogP contribution in [0.25, 0.3) is 0 Å². The first-order valence-electron chi connectivity index (χ1n) is 8.19. The number of hydrogen-bond acceptors (Lipinski definition) is 4. The monoisotopic (exact) mass is 439 g/mol. The minimum Gasteiger partial charge on any atom is -0.493 e. The third-order valence-electron chi connectivity index (χ3n) is 3.79. The summed E-state index contributed by atoms with van der Waals surface area (Å²) in [6.07, 6.45) is 0. The van der Waals surface area contributed by atoms with Gasteiger partial charge in [0.25, 0.3) is 0 Å². The van der Waals surface area contributed by atoms with Crippen molar-refractivity contribution < 1.29 is 18.6 Å². The zero-order valence-electron chi connectivity index (χ0n) is 15.7. The van der Waals surface area contributed by atoms with Gasteiger partial charge in [0, 0.05) is 24.6 Å². The second-order valence-electron chi connectivity index (χ2n) is 5.59. The molecule has 0 unspecified atom stereocenters. The van der Waals surface area contributed by atoms with Gasteiger partial charge >= 0.3 is 0 Å².